The third-order valence-corrected chi connectivity index (χ3v) is 0.953. The Morgan fingerprint density at radius 1 is 1.33 bits per heavy atom. The highest BCUT2D eigenvalue weighted by atomic mass is 16.3. The molecule has 0 saturated heterocycles. The second-order valence-electron chi connectivity index (χ2n) is 2.11. The number of nitrogens with one attached hydrogen (secondary N) is 1. The average molecular weight is 134 g/mol. The Kier molecular flexibility index (Phi) is 3.72. The third-order valence-electron chi connectivity index (χ3n) is 0.953. The summed E-state index contributed by atoms with van der Waals surface area (Å²) in [6.07, 6.45) is -1.86. The molecule has 0 heterocycles. The molecule has 0 aromatic rings. The zero-order chi connectivity index (χ0) is 7.44. The topological polar surface area (TPSA) is 78.5 Å². The minimum absolute atomic E-state index is 0.551. The number of nitrogens with two attached hydrogens (primary N) is 1. The normalized spacial score (nSPS) is 21.0. The fraction of sp³-hybridized carbons (Fsp3) is 1.00. The quantitative estimate of drug-likeness (QED) is 0.357. The van der Waals surface area contributed by atoms with Gasteiger partial charge in [-0.3, -0.25) is 5.32 Å². The standard InChI is InChI=1S/C5H14N2O2/c1-3(8)5(6)7-4(2)9/h3-5,7-9H,6H2,1-2H3. The van der Waals surface area contributed by atoms with Gasteiger partial charge in [0.1, 0.15) is 6.23 Å². The number of hydrogen-bond donors (Lipinski definition) is 4. The maximum Gasteiger partial charge on any atom is 0.103 e. The maximum atomic E-state index is 8.77. The van der Waals surface area contributed by atoms with Gasteiger partial charge in [-0.15, -0.1) is 0 Å². The molecular formula is C5H14N2O2. The van der Waals surface area contributed by atoms with Gasteiger partial charge >= 0.3 is 0 Å². The Balaban J connectivity index is 3.38. The first-order valence-corrected chi connectivity index (χ1v) is 2.92. The minimum atomic E-state index is -0.672. The second kappa shape index (κ2) is 3.79. The van der Waals surface area contributed by atoms with E-state index in [0.717, 1.165) is 0 Å². The van der Waals surface area contributed by atoms with Gasteiger partial charge in [0, 0.05) is 0 Å². The van der Waals surface area contributed by atoms with E-state index in [4.69, 9.17) is 15.9 Å². The Bertz CT molecular complexity index is 75.4. The lowest BCUT2D eigenvalue weighted by atomic mass is 10.3. The first kappa shape index (κ1) is 8.84. The Morgan fingerprint density at radius 2 is 1.78 bits per heavy atom. The summed E-state index contributed by atoms with van der Waals surface area (Å²) < 4.78 is 0. The van der Waals surface area contributed by atoms with Crippen molar-refractivity contribution < 1.29 is 10.2 Å². The zero-order valence-electron chi connectivity index (χ0n) is 5.70. The van der Waals surface area contributed by atoms with Gasteiger partial charge in [-0.1, -0.05) is 0 Å². The van der Waals surface area contributed by atoms with E-state index < -0.39 is 18.5 Å². The van der Waals surface area contributed by atoms with Crippen molar-refractivity contribution in [3.63, 3.8) is 0 Å². The van der Waals surface area contributed by atoms with Gasteiger partial charge in [-0.25, -0.2) is 0 Å². The van der Waals surface area contributed by atoms with Crippen molar-refractivity contribution in [2.24, 2.45) is 5.73 Å². The summed E-state index contributed by atoms with van der Waals surface area (Å²) >= 11 is 0. The van der Waals surface area contributed by atoms with E-state index in [1.807, 2.05) is 0 Å². The predicted octanol–water partition coefficient (Wildman–Crippen LogP) is -1.42. The number of hydrogen-bond acceptors (Lipinski definition) is 4. The Hall–Kier alpha value is -0.160. The van der Waals surface area contributed by atoms with Gasteiger partial charge in [0.15, 0.2) is 0 Å². The molecule has 5 N–H and O–H groups in total. The second-order valence-corrected chi connectivity index (χ2v) is 2.11. The molecule has 0 fully saturated rings. The Morgan fingerprint density at radius 3 is 1.89 bits per heavy atom. The summed E-state index contributed by atoms with van der Waals surface area (Å²) in [5, 5.41) is 20.0. The fourth-order valence-corrected chi connectivity index (χ4v) is 0.418. The summed E-state index contributed by atoms with van der Waals surface area (Å²) in [4.78, 5) is 0. The van der Waals surface area contributed by atoms with E-state index in [1.54, 1.807) is 13.8 Å². The maximum absolute atomic E-state index is 8.77. The van der Waals surface area contributed by atoms with Crippen molar-refractivity contribution in [3.8, 4) is 0 Å². The van der Waals surface area contributed by atoms with E-state index in [1.165, 1.54) is 0 Å². The van der Waals surface area contributed by atoms with Crippen LogP contribution in [0.15, 0.2) is 0 Å². The summed E-state index contributed by atoms with van der Waals surface area (Å²) in [5.74, 6) is 0. The molecule has 0 aliphatic rings. The van der Waals surface area contributed by atoms with Crippen molar-refractivity contribution in [1.82, 2.24) is 5.32 Å². The van der Waals surface area contributed by atoms with Crippen LogP contribution < -0.4 is 11.1 Å². The highest BCUT2D eigenvalue weighted by molar-refractivity contribution is 4.64. The monoisotopic (exact) mass is 134 g/mol. The van der Waals surface area contributed by atoms with Crippen LogP contribution in [0.5, 0.6) is 0 Å². The van der Waals surface area contributed by atoms with E-state index in [2.05, 4.69) is 5.32 Å². The van der Waals surface area contributed by atoms with E-state index in [0.29, 0.717) is 0 Å². The molecule has 4 heteroatoms. The molecule has 0 rings (SSSR count). The summed E-state index contributed by atoms with van der Waals surface area (Å²) in [6, 6.07) is 0. The summed E-state index contributed by atoms with van der Waals surface area (Å²) in [6.45, 7) is 3.10. The number of rotatable bonds is 3. The number of aliphatic hydroxyl groups excluding tert-OH is 2. The molecule has 0 aromatic heterocycles. The first-order valence-electron chi connectivity index (χ1n) is 2.92. The molecule has 4 nitrogen and oxygen atoms in total. The lowest BCUT2D eigenvalue weighted by Crippen LogP contribution is -2.49. The SMILES string of the molecule is CC(O)NC(N)C(C)O. The minimum Gasteiger partial charge on any atom is -0.390 e. The van der Waals surface area contributed by atoms with Crippen LogP contribution in [0.1, 0.15) is 13.8 Å². The van der Waals surface area contributed by atoms with Crippen LogP contribution in [-0.4, -0.2) is 28.7 Å². The van der Waals surface area contributed by atoms with Gasteiger partial charge in [-0.2, -0.15) is 0 Å². The average Bonchev–Trinajstić information content (AvgIpc) is 1.63. The van der Waals surface area contributed by atoms with E-state index >= 15 is 0 Å². The largest absolute Gasteiger partial charge is 0.390 e. The van der Waals surface area contributed by atoms with Crippen LogP contribution in [0.25, 0.3) is 0 Å². The molecule has 3 unspecified atom stereocenters. The van der Waals surface area contributed by atoms with Gasteiger partial charge in [0.2, 0.25) is 0 Å². The van der Waals surface area contributed by atoms with Crippen LogP contribution >= 0.6 is 0 Å². The summed E-state index contributed by atoms with van der Waals surface area (Å²) in [5.41, 5.74) is 5.30. The molecule has 56 valence electrons. The van der Waals surface area contributed by atoms with Crippen molar-refractivity contribution in [2.45, 2.75) is 32.3 Å². The van der Waals surface area contributed by atoms with Crippen LogP contribution in [0.4, 0.5) is 0 Å². The number of aliphatic hydroxyl groups is 2. The van der Waals surface area contributed by atoms with E-state index in [-0.39, 0.29) is 0 Å². The van der Waals surface area contributed by atoms with Gasteiger partial charge in [0.05, 0.1) is 12.3 Å². The predicted molar refractivity (Wildman–Crippen MR) is 34.5 cm³/mol. The molecule has 3 atom stereocenters. The van der Waals surface area contributed by atoms with Crippen LogP contribution in [0.3, 0.4) is 0 Å². The van der Waals surface area contributed by atoms with Gasteiger partial charge < -0.3 is 15.9 Å². The van der Waals surface area contributed by atoms with Crippen molar-refractivity contribution in [3.05, 3.63) is 0 Å². The third kappa shape index (κ3) is 4.35. The molecule has 0 saturated carbocycles. The van der Waals surface area contributed by atoms with Crippen LogP contribution in [-0.2, 0) is 0 Å². The van der Waals surface area contributed by atoms with Crippen molar-refractivity contribution in [1.29, 1.82) is 0 Å². The van der Waals surface area contributed by atoms with Crippen molar-refractivity contribution >= 4 is 0 Å². The van der Waals surface area contributed by atoms with E-state index in [9.17, 15) is 0 Å². The molecule has 9 heavy (non-hydrogen) atoms. The zero-order valence-corrected chi connectivity index (χ0v) is 5.70. The highest BCUT2D eigenvalue weighted by Crippen LogP contribution is 1.84. The van der Waals surface area contributed by atoms with Gasteiger partial charge in [-0.05, 0) is 13.8 Å². The highest BCUT2D eigenvalue weighted by Gasteiger charge is 2.09. The first-order chi connectivity index (χ1) is 4.04. The summed E-state index contributed by atoms with van der Waals surface area (Å²) in [7, 11) is 0. The lowest BCUT2D eigenvalue weighted by molar-refractivity contribution is 0.0854. The molecule has 0 aromatic carbocycles. The molecule has 0 amide bonds. The smallest absolute Gasteiger partial charge is 0.103 e. The van der Waals surface area contributed by atoms with Gasteiger partial charge in [0.25, 0.3) is 0 Å². The molecule has 0 bridgehead atoms. The molecular weight excluding hydrogens is 120 g/mol. The molecule has 0 aliphatic heterocycles. The van der Waals surface area contributed by atoms with Crippen molar-refractivity contribution in [2.75, 3.05) is 0 Å². The fourth-order valence-electron chi connectivity index (χ4n) is 0.418. The Labute approximate surface area is 54.7 Å². The molecule has 0 radical (unpaired) electrons. The van der Waals surface area contributed by atoms with Crippen LogP contribution in [0.2, 0.25) is 0 Å². The lowest BCUT2D eigenvalue weighted by Gasteiger charge is -2.17. The molecule has 0 aliphatic carbocycles. The van der Waals surface area contributed by atoms with Crippen LogP contribution in [0, 0.1) is 0 Å². The molecule has 0 spiro atoms.